The second kappa shape index (κ2) is 7.59. The maximum absolute atomic E-state index is 11.9. The fourth-order valence-corrected chi connectivity index (χ4v) is 1.51. The summed E-state index contributed by atoms with van der Waals surface area (Å²) in [6.45, 7) is 4.79. The molecule has 23 heavy (non-hydrogen) atoms. The van der Waals surface area contributed by atoms with Crippen LogP contribution in [0.2, 0.25) is 0 Å². The predicted octanol–water partition coefficient (Wildman–Crippen LogP) is 1.57. The topological polar surface area (TPSA) is 135 Å². The van der Waals surface area contributed by atoms with Crippen LogP contribution in [0.1, 0.15) is 17.5 Å². The molecule has 9 heteroatoms. The minimum atomic E-state index is -0.775. The molecule has 1 aromatic heterocycles. The van der Waals surface area contributed by atoms with Crippen LogP contribution in [-0.4, -0.2) is 28.9 Å². The molecule has 9 nitrogen and oxygen atoms in total. The van der Waals surface area contributed by atoms with Gasteiger partial charge in [0.15, 0.2) is 5.76 Å². The zero-order valence-electron chi connectivity index (χ0n) is 12.5. The largest absolute Gasteiger partial charge is 0.512 e. The summed E-state index contributed by atoms with van der Waals surface area (Å²) in [5, 5.41) is 24.7. The van der Waals surface area contributed by atoms with Crippen molar-refractivity contribution in [2.75, 3.05) is 7.05 Å². The zero-order valence-corrected chi connectivity index (χ0v) is 12.5. The Labute approximate surface area is 131 Å². The summed E-state index contributed by atoms with van der Waals surface area (Å²) >= 11 is 0. The summed E-state index contributed by atoms with van der Waals surface area (Å²) in [6, 6.07) is 2.18. The number of nitrogens with zero attached hydrogens (tertiary/aromatic N) is 1. The summed E-state index contributed by atoms with van der Waals surface area (Å²) in [6.07, 6.45) is 2.44. The molecule has 0 saturated heterocycles. The van der Waals surface area contributed by atoms with Crippen molar-refractivity contribution >= 4 is 17.7 Å². The Bertz CT molecular complexity index is 710. The lowest BCUT2D eigenvalue weighted by Gasteiger charge is -2.07. The Balaban J connectivity index is 3.02. The molecule has 0 aliphatic carbocycles. The first-order chi connectivity index (χ1) is 10.8. The van der Waals surface area contributed by atoms with Crippen LogP contribution >= 0.6 is 0 Å². The smallest absolute Gasteiger partial charge is 0.433 e. The van der Waals surface area contributed by atoms with E-state index in [-0.39, 0.29) is 22.8 Å². The molecule has 1 rings (SSSR count). The van der Waals surface area contributed by atoms with Gasteiger partial charge in [-0.25, -0.2) is 0 Å². The van der Waals surface area contributed by atoms with E-state index in [1.54, 1.807) is 0 Å². The van der Waals surface area contributed by atoms with E-state index in [9.17, 15) is 24.8 Å². The van der Waals surface area contributed by atoms with Crippen molar-refractivity contribution in [1.82, 2.24) is 10.6 Å². The molecule has 122 valence electrons. The van der Waals surface area contributed by atoms with E-state index in [1.807, 2.05) is 0 Å². The van der Waals surface area contributed by atoms with E-state index in [2.05, 4.69) is 17.2 Å². The van der Waals surface area contributed by atoms with Crippen molar-refractivity contribution in [3.8, 4) is 0 Å². The number of carbonyl (C=O) groups excluding carboxylic acids is 2. The third-order valence-corrected chi connectivity index (χ3v) is 2.63. The average Bonchev–Trinajstić information content (AvgIpc) is 3.00. The number of aliphatic hydroxyl groups is 1. The van der Waals surface area contributed by atoms with Gasteiger partial charge in [0.05, 0.1) is 11.6 Å². The lowest BCUT2D eigenvalue weighted by atomic mass is 10.1. The van der Waals surface area contributed by atoms with Crippen molar-refractivity contribution in [1.29, 1.82) is 0 Å². The van der Waals surface area contributed by atoms with Crippen molar-refractivity contribution < 1.29 is 24.0 Å². The molecule has 1 aromatic rings. The van der Waals surface area contributed by atoms with E-state index in [0.717, 1.165) is 12.1 Å². The fourth-order valence-electron chi connectivity index (χ4n) is 1.51. The van der Waals surface area contributed by atoms with Crippen LogP contribution in [0.3, 0.4) is 0 Å². The highest BCUT2D eigenvalue weighted by Gasteiger charge is 2.18. The molecule has 0 spiro atoms. The summed E-state index contributed by atoms with van der Waals surface area (Å²) in [5.74, 6) is -2.44. The number of likely N-dealkylation sites (N-methyl/N-ethyl adjacent to an activating group) is 1. The second-order valence-electron chi connectivity index (χ2n) is 4.23. The number of nitrogens with one attached hydrogen (secondary N) is 2. The van der Waals surface area contributed by atoms with Gasteiger partial charge >= 0.3 is 5.88 Å². The Morgan fingerprint density at radius 3 is 2.52 bits per heavy atom. The van der Waals surface area contributed by atoms with Crippen LogP contribution in [-0.2, 0) is 4.79 Å². The number of aliphatic hydroxyl groups excluding tert-OH is 1. The third kappa shape index (κ3) is 4.56. The Kier molecular flexibility index (Phi) is 5.84. The van der Waals surface area contributed by atoms with Crippen LogP contribution in [0.25, 0.3) is 0 Å². The van der Waals surface area contributed by atoms with Gasteiger partial charge in [0, 0.05) is 12.7 Å². The number of amides is 2. The van der Waals surface area contributed by atoms with Crippen molar-refractivity contribution in [3.05, 3.63) is 63.8 Å². The van der Waals surface area contributed by atoms with Gasteiger partial charge in [-0.1, -0.05) is 6.58 Å². The fraction of sp³-hybridized carbons (Fsp3) is 0.143. The average molecular weight is 321 g/mol. The number of furan rings is 1. The number of carbonyl (C=O) groups is 2. The SMILES string of the molecule is C=C/C(=C\C(C(=O)NC)=C(/C)O)NC(=O)c1ccc([N+](=O)[O-])o1. The molecular formula is C14H15N3O6. The van der Waals surface area contributed by atoms with E-state index >= 15 is 0 Å². The number of nitro groups is 1. The van der Waals surface area contributed by atoms with Crippen molar-refractivity contribution in [2.45, 2.75) is 6.92 Å². The maximum Gasteiger partial charge on any atom is 0.433 e. The molecule has 0 fully saturated rings. The van der Waals surface area contributed by atoms with Gasteiger partial charge in [-0.05, 0) is 25.1 Å². The van der Waals surface area contributed by atoms with Crippen LogP contribution in [0.4, 0.5) is 5.88 Å². The van der Waals surface area contributed by atoms with E-state index in [0.29, 0.717) is 0 Å². The summed E-state index contributed by atoms with van der Waals surface area (Å²) < 4.78 is 4.76. The predicted molar refractivity (Wildman–Crippen MR) is 80.5 cm³/mol. The van der Waals surface area contributed by atoms with Gasteiger partial charge in [-0.2, -0.15) is 0 Å². The van der Waals surface area contributed by atoms with Crippen molar-refractivity contribution in [3.63, 3.8) is 0 Å². The van der Waals surface area contributed by atoms with Crippen LogP contribution < -0.4 is 10.6 Å². The molecule has 0 aliphatic heterocycles. The first kappa shape index (κ1) is 17.7. The van der Waals surface area contributed by atoms with Gasteiger partial charge in [0.1, 0.15) is 10.7 Å². The summed E-state index contributed by atoms with van der Waals surface area (Å²) in [7, 11) is 1.38. The highest BCUT2D eigenvalue weighted by atomic mass is 16.6. The standard InChI is InChI=1S/C14H15N3O6/c1-4-9(7-10(8(2)18)13(19)15-3)16-14(20)11-5-6-12(23-11)17(21)22/h4-7,18H,1H2,2-3H3,(H,15,19)(H,16,20)/b9-7+,10-8-. The first-order valence-electron chi connectivity index (χ1n) is 6.31. The lowest BCUT2D eigenvalue weighted by molar-refractivity contribution is -0.402. The molecule has 0 aromatic carbocycles. The number of hydrogen-bond acceptors (Lipinski definition) is 6. The number of rotatable bonds is 6. The van der Waals surface area contributed by atoms with Gasteiger partial charge in [0.2, 0.25) is 0 Å². The molecule has 0 aliphatic rings. The molecule has 0 bridgehead atoms. The quantitative estimate of drug-likeness (QED) is 0.239. The molecule has 0 saturated carbocycles. The number of hydrogen-bond donors (Lipinski definition) is 3. The second-order valence-corrected chi connectivity index (χ2v) is 4.23. The molecular weight excluding hydrogens is 306 g/mol. The monoisotopic (exact) mass is 321 g/mol. The zero-order chi connectivity index (χ0) is 17.6. The Morgan fingerprint density at radius 2 is 2.09 bits per heavy atom. The van der Waals surface area contributed by atoms with Gasteiger partial charge in [-0.15, -0.1) is 0 Å². The minimum Gasteiger partial charge on any atom is -0.512 e. The van der Waals surface area contributed by atoms with Gasteiger partial charge in [0.25, 0.3) is 11.8 Å². The van der Waals surface area contributed by atoms with E-state index in [1.165, 1.54) is 26.1 Å². The first-order valence-corrected chi connectivity index (χ1v) is 6.31. The minimum absolute atomic E-state index is 0.0758. The van der Waals surface area contributed by atoms with E-state index in [4.69, 9.17) is 4.42 Å². The van der Waals surface area contributed by atoms with Crippen LogP contribution in [0.15, 0.2) is 52.3 Å². The van der Waals surface area contributed by atoms with E-state index < -0.39 is 22.6 Å². The normalized spacial score (nSPS) is 12.2. The molecule has 3 N–H and O–H groups in total. The summed E-state index contributed by atoms with van der Waals surface area (Å²) in [4.78, 5) is 33.3. The highest BCUT2D eigenvalue weighted by Crippen LogP contribution is 2.16. The Hall–Kier alpha value is -3.36. The maximum atomic E-state index is 11.9. The van der Waals surface area contributed by atoms with Gasteiger partial charge in [-0.3, -0.25) is 19.7 Å². The molecule has 0 atom stereocenters. The molecule has 1 heterocycles. The number of allylic oxidation sites excluding steroid dienone is 2. The van der Waals surface area contributed by atoms with Crippen molar-refractivity contribution in [2.24, 2.45) is 0 Å². The van der Waals surface area contributed by atoms with Crippen LogP contribution in [0.5, 0.6) is 0 Å². The summed E-state index contributed by atoms with van der Waals surface area (Å²) in [5.41, 5.74) is 0.0224. The van der Waals surface area contributed by atoms with Gasteiger partial charge < -0.3 is 20.2 Å². The Morgan fingerprint density at radius 1 is 1.43 bits per heavy atom. The molecule has 0 radical (unpaired) electrons. The third-order valence-electron chi connectivity index (χ3n) is 2.63. The molecule has 2 amide bonds. The highest BCUT2D eigenvalue weighted by molar-refractivity contribution is 5.97. The molecule has 0 unspecified atom stereocenters. The lowest BCUT2D eigenvalue weighted by Crippen LogP contribution is -2.24. The van der Waals surface area contributed by atoms with Crippen LogP contribution in [0, 0.1) is 10.1 Å².